The molecule has 1 aliphatic rings. The van der Waals surface area contributed by atoms with E-state index in [0.717, 1.165) is 44.1 Å². The number of nitrogens with one attached hydrogen (secondary N) is 1. The van der Waals surface area contributed by atoms with Crippen LogP contribution in [0.1, 0.15) is 56.2 Å². The molecule has 0 saturated carbocycles. The third-order valence-corrected chi connectivity index (χ3v) is 3.90. The number of hydrogen-bond donors (Lipinski definition) is 1. The van der Waals surface area contributed by atoms with Crippen LogP contribution in [-0.2, 0) is 22.4 Å². The Balaban J connectivity index is 2.41. The van der Waals surface area contributed by atoms with Gasteiger partial charge in [0.05, 0.1) is 5.57 Å². The summed E-state index contributed by atoms with van der Waals surface area (Å²) in [6, 6.07) is 6.11. The topological polar surface area (TPSA) is 46.2 Å². The maximum absolute atomic E-state index is 11.9. The van der Waals surface area contributed by atoms with Crippen molar-refractivity contribution in [1.82, 2.24) is 5.32 Å². The first-order chi connectivity index (χ1) is 10.2. The highest BCUT2D eigenvalue weighted by atomic mass is 16.2. The Kier molecular flexibility index (Phi) is 5.32. The van der Waals surface area contributed by atoms with E-state index in [2.05, 4.69) is 25.2 Å². The zero-order valence-electron chi connectivity index (χ0n) is 12.9. The molecule has 0 spiro atoms. The molecule has 1 N–H and O–H groups in total. The second kappa shape index (κ2) is 7.21. The van der Waals surface area contributed by atoms with Gasteiger partial charge in [0.15, 0.2) is 0 Å². The van der Waals surface area contributed by atoms with Crippen LogP contribution in [0.5, 0.6) is 0 Å². The molecule has 1 aromatic carbocycles. The van der Waals surface area contributed by atoms with Gasteiger partial charge < -0.3 is 0 Å². The lowest BCUT2D eigenvalue weighted by atomic mass is 9.90. The second-order valence-corrected chi connectivity index (χ2v) is 5.53. The summed E-state index contributed by atoms with van der Waals surface area (Å²) in [5, 5.41) is 2.34. The van der Waals surface area contributed by atoms with Crippen LogP contribution in [0.3, 0.4) is 0 Å². The number of unbranched alkanes of at least 4 members (excludes halogenated alkanes) is 2. The lowest BCUT2D eigenvalue weighted by Crippen LogP contribution is -2.22. The molecule has 0 aliphatic carbocycles. The predicted octanol–water partition coefficient (Wildman–Crippen LogP) is 3.41. The Labute approximate surface area is 126 Å². The minimum atomic E-state index is -0.310. The Morgan fingerprint density at radius 2 is 1.71 bits per heavy atom. The first-order valence-corrected chi connectivity index (χ1v) is 7.85. The fraction of sp³-hybridized carbons (Fsp3) is 0.444. The average molecular weight is 285 g/mol. The van der Waals surface area contributed by atoms with Crippen molar-refractivity contribution in [3.8, 4) is 0 Å². The maximum Gasteiger partial charge on any atom is 0.258 e. The number of rotatable bonds is 7. The molecule has 0 aromatic heterocycles. The molecular formula is C18H23NO2. The van der Waals surface area contributed by atoms with Gasteiger partial charge in [0.1, 0.15) is 0 Å². The fourth-order valence-corrected chi connectivity index (χ4v) is 2.75. The number of carbonyl (C=O) groups is 2. The molecule has 1 heterocycles. The minimum Gasteiger partial charge on any atom is -0.289 e. The Morgan fingerprint density at radius 1 is 1.00 bits per heavy atom. The summed E-state index contributed by atoms with van der Waals surface area (Å²) in [5.41, 5.74) is 4.00. The van der Waals surface area contributed by atoms with E-state index < -0.39 is 0 Å². The third kappa shape index (κ3) is 3.60. The van der Waals surface area contributed by atoms with Crippen molar-refractivity contribution in [2.24, 2.45) is 0 Å². The molecule has 112 valence electrons. The molecule has 0 radical (unpaired) electrons. The second-order valence-electron chi connectivity index (χ2n) is 5.53. The summed E-state index contributed by atoms with van der Waals surface area (Å²) in [5.74, 6) is -0.583. The van der Waals surface area contributed by atoms with Gasteiger partial charge in [0, 0.05) is 6.08 Å². The van der Waals surface area contributed by atoms with Gasteiger partial charge in [-0.1, -0.05) is 44.9 Å². The normalized spacial score (nSPS) is 14.3. The van der Waals surface area contributed by atoms with Crippen molar-refractivity contribution in [3.63, 3.8) is 0 Å². The monoisotopic (exact) mass is 285 g/mol. The van der Waals surface area contributed by atoms with E-state index in [-0.39, 0.29) is 11.8 Å². The highest BCUT2D eigenvalue weighted by molar-refractivity contribution is 6.33. The summed E-state index contributed by atoms with van der Waals surface area (Å²) in [6.45, 7) is 4.35. The van der Waals surface area contributed by atoms with E-state index in [4.69, 9.17) is 0 Å². The number of imide groups is 1. The van der Waals surface area contributed by atoms with Crippen molar-refractivity contribution in [1.29, 1.82) is 0 Å². The summed E-state index contributed by atoms with van der Waals surface area (Å²) in [4.78, 5) is 23.3. The first kappa shape index (κ1) is 15.5. The number of hydrogen-bond acceptors (Lipinski definition) is 2. The van der Waals surface area contributed by atoms with Gasteiger partial charge in [0.2, 0.25) is 0 Å². The summed E-state index contributed by atoms with van der Waals surface area (Å²) in [7, 11) is 0. The largest absolute Gasteiger partial charge is 0.289 e. The molecular weight excluding hydrogens is 262 g/mol. The van der Waals surface area contributed by atoms with Crippen LogP contribution in [0.4, 0.5) is 0 Å². The van der Waals surface area contributed by atoms with Crippen LogP contribution in [0, 0.1) is 0 Å². The number of amides is 2. The van der Waals surface area contributed by atoms with Gasteiger partial charge in [0.25, 0.3) is 11.8 Å². The highest BCUT2D eigenvalue weighted by Crippen LogP contribution is 2.27. The van der Waals surface area contributed by atoms with Crippen molar-refractivity contribution in [2.75, 3.05) is 0 Å². The van der Waals surface area contributed by atoms with Gasteiger partial charge in [-0.2, -0.15) is 0 Å². The number of carbonyl (C=O) groups excluding carboxylic acids is 2. The molecule has 3 nitrogen and oxygen atoms in total. The van der Waals surface area contributed by atoms with Crippen molar-refractivity contribution in [3.05, 3.63) is 41.0 Å². The summed E-state index contributed by atoms with van der Waals surface area (Å²) >= 11 is 0. The zero-order valence-corrected chi connectivity index (χ0v) is 12.9. The van der Waals surface area contributed by atoms with Gasteiger partial charge in [-0.05, 0) is 42.4 Å². The molecule has 0 unspecified atom stereocenters. The van der Waals surface area contributed by atoms with Crippen LogP contribution >= 0.6 is 0 Å². The Bertz CT molecular complexity index is 573. The maximum atomic E-state index is 11.9. The Morgan fingerprint density at radius 3 is 2.33 bits per heavy atom. The molecule has 1 aliphatic heterocycles. The zero-order chi connectivity index (χ0) is 15.2. The van der Waals surface area contributed by atoms with Crippen LogP contribution in [0.15, 0.2) is 24.3 Å². The smallest absolute Gasteiger partial charge is 0.258 e. The number of aryl methyl sites for hydroxylation is 1. The van der Waals surface area contributed by atoms with Gasteiger partial charge in [-0.25, -0.2) is 0 Å². The average Bonchev–Trinajstić information content (AvgIpc) is 2.81. The lowest BCUT2D eigenvalue weighted by Gasteiger charge is -2.15. The van der Waals surface area contributed by atoms with Crippen LogP contribution in [0.2, 0.25) is 0 Å². The van der Waals surface area contributed by atoms with E-state index in [1.54, 1.807) is 0 Å². The quantitative estimate of drug-likeness (QED) is 0.780. The Hall–Kier alpha value is -1.90. The highest BCUT2D eigenvalue weighted by Gasteiger charge is 2.24. The lowest BCUT2D eigenvalue weighted by molar-refractivity contribution is -0.123. The van der Waals surface area contributed by atoms with E-state index in [0.29, 0.717) is 5.57 Å². The van der Waals surface area contributed by atoms with E-state index in [1.807, 2.05) is 12.1 Å². The minimum absolute atomic E-state index is 0.273. The summed E-state index contributed by atoms with van der Waals surface area (Å²) in [6.07, 6.45) is 7.93. The molecule has 2 amide bonds. The van der Waals surface area contributed by atoms with Crippen LogP contribution < -0.4 is 5.32 Å². The van der Waals surface area contributed by atoms with Gasteiger partial charge in [-0.15, -0.1) is 0 Å². The van der Waals surface area contributed by atoms with Crippen molar-refractivity contribution >= 4 is 17.4 Å². The fourth-order valence-electron chi connectivity index (χ4n) is 2.75. The van der Waals surface area contributed by atoms with Crippen LogP contribution in [0.25, 0.3) is 5.57 Å². The molecule has 2 rings (SSSR count). The number of benzene rings is 1. The van der Waals surface area contributed by atoms with Gasteiger partial charge >= 0.3 is 0 Å². The predicted molar refractivity (Wildman–Crippen MR) is 84.8 cm³/mol. The SMILES string of the molecule is CCCCc1cccc(C2=CC(=O)NC2=O)c1CCCC. The van der Waals surface area contributed by atoms with Crippen LogP contribution in [-0.4, -0.2) is 11.8 Å². The van der Waals surface area contributed by atoms with E-state index in [9.17, 15) is 9.59 Å². The standard InChI is InChI=1S/C18H23NO2/c1-3-5-8-13-9-7-11-15(14(13)10-6-4-2)16-12-17(20)19-18(16)21/h7,9,11-12H,3-6,8,10H2,1-2H3,(H,19,20,21). The molecule has 1 aromatic rings. The first-order valence-electron chi connectivity index (χ1n) is 7.85. The third-order valence-electron chi connectivity index (χ3n) is 3.90. The van der Waals surface area contributed by atoms with Crippen molar-refractivity contribution in [2.45, 2.75) is 52.4 Å². The molecule has 0 fully saturated rings. The molecule has 0 saturated heterocycles. The van der Waals surface area contributed by atoms with Crippen molar-refractivity contribution < 1.29 is 9.59 Å². The molecule has 21 heavy (non-hydrogen) atoms. The molecule has 0 atom stereocenters. The summed E-state index contributed by atoms with van der Waals surface area (Å²) < 4.78 is 0. The van der Waals surface area contributed by atoms with E-state index >= 15 is 0 Å². The molecule has 3 heteroatoms. The molecule has 0 bridgehead atoms. The van der Waals surface area contributed by atoms with E-state index in [1.165, 1.54) is 17.2 Å². The van der Waals surface area contributed by atoms with Gasteiger partial charge in [-0.3, -0.25) is 14.9 Å².